The molecule has 0 aliphatic heterocycles. The third-order valence-corrected chi connectivity index (χ3v) is 5.62. The van der Waals surface area contributed by atoms with E-state index in [2.05, 4.69) is 12.2 Å². The van der Waals surface area contributed by atoms with Gasteiger partial charge in [0.2, 0.25) is 0 Å². The fourth-order valence-electron chi connectivity index (χ4n) is 4.24. The Kier molecular flexibility index (Phi) is 8.94. The van der Waals surface area contributed by atoms with Crippen molar-refractivity contribution in [3.63, 3.8) is 0 Å². The zero-order chi connectivity index (χ0) is 21.4. The highest BCUT2D eigenvalue weighted by Crippen LogP contribution is 2.29. The summed E-state index contributed by atoms with van der Waals surface area (Å²) in [4.78, 5) is 12.3. The van der Waals surface area contributed by atoms with E-state index in [1.165, 1.54) is 31.4 Å². The first-order valence-electron chi connectivity index (χ1n) is 11.0. The number of alkyl carbamates (subject to hydrolysis) is 1. The van der Waals surface area contributed by atoms with Gasteiger partial charge in [-0.25, -0.2) is 9.18 Å². The number of hydrogen-bond donors (Lipinski definition) is 2. The molecule has 29 heavy (non-hydrogen) atoms. The van der Waals surface area contributed by atoms with E-state index in [0.29, 0.717) is 12.3 Å². The zero-order valence-electron chi connectivity index (χ0n) is 18.4. The molecule has 0 saturated heterocycles. The van der Waals surface area contributed by atoms with Crippen molar-refractivity contribution in [3.8, 4) is 0 Å². The molecule has 4 nitrogen and oxygen atoms in total. The lowest BCUT2D eigenvalue weighted by Crippen LogP contribution is -2.47. The van der Waals surface area contributed by atoms with Crippen LogP contribution in [0.1, 0.15) is 78.2 Å². The van der Waals surface area contributed by atoms with Gasteiger partial charge in [0.05, 0.1) is 12.1 Å². The van der Waals surface area contributed by atoms with Crippen LogP contribution in [0.25, 0.3) is 0 Å². The van der Waals surface area contributed by atoms with Gasteiger partial charge in [-0.3, -0.25) is 0 Å². The normalized spacial score (nSPS) is 18.7. The SMILES string of the molecule is C[C@H](Cc1ccc(F)cc1)C[C@H](O)[C@H](CC1CCCCC1)NC(=O)OC(C)(C)C. The lowest BCUT2D eigenvalue weighted by Gasteiger charge is -2.32. The number of nitrogens with one attached hydrogen (secondary N) is 1. The number of benzene rings is 1. The van der Waals surface area contributed by atoms with E-state index < -0.39 is 17.8 Å². The highest BCUT2D eigenvalue weighted by molar-refractivity contribution is 5.68. The number of amides is 1. The first-order chi connectivity index (χ1) is 13.6. The molecule has 0 aromatic heterocycles. The summed E-state index contributed by atoms with van der Waals surface area (Å²) < 4.78 is 18.5. The molecule has 2 rings (SSSR count). The fraction of sp³-hybridized carbons (Fsp3) is 0.708. The summed E-state index contributed by atoms with van der Waals surface area (Å²) in [6, 6.07) is 6.19. The molecule has 1 aliphatic carbocycles. The fourth-order valence-corrected chi connectivity index (χ4v) is 4.24. The number of hydrogen-bond acceptors (Lipinski definition) is 3. The number of aliphatic hydroxyl groups is 1. The van der Waals surface area contributed by atoms with E-state index in [-0.39, 0.29) is 17.8 Å². The topological polar surface area (TPSA) is 58.6 Å². The quantitative estimate of drug-likeness (QED) is 0.588. The van der Waals surface area contributed by atoms with Crippen molar-refractivity contribution < 1.29 is 19.0 Å². The summed E-state index contributed by atoms with van der Waals surface area (Å²) in [5.41, 5.74) is 0.482. The summed E-state index contributed by atoms with van der Waals surface area (Å²) in [6.07, 6.45) is 7.05. The molecule has 0 heterocycles. The van der Waals surface area contributed by atoms with Crippen LogP contribution in [0, 0.1) is 17.7 Å². The van der Waals surface area contributed by atoms with Crippen LogP contribution in [0.3, 0.4) is 0 Å². The van der Waals surface area contributed by atoms with Gasteiger partial charge < -0.3 is 15.2 Å². The largest absolute Gasteiger partial charge is 0.444 e. The van der Waals surface area contributed by atoms with E-state index in [0.717, 1.165) is 31.2 Å². The molecule has 1 fully saturated rings. The summed E-state index contributed by atoms with van der Waals surface area (Å²) in [7, 11) is 0. The molecule has 3 atom stereocenters. The number of carbonyl (C=O) groups excluding carboxylic acids is 1. The number of aliphatic hydroxyl groups excluding tert-OH is 1. The van der Waals surface area contributed by atoms with Crippen LogP contribution in [0.2, 0.25) is 0 Å². The molecule has 0 bridgehead atoms. The van der Waals surface area contributed by atoms with Crippen molar-refractivity contribution >= 4 is 6.09 Å². The number of ether oxygens (including phenoxy) is 1. The third kappa shape index (κ3) is 9.16. The Morgan fingerprint density at radius 2 is 1.83 bits per heavy atom. The minimum absolute atomic E-state index is 0.213. The van der Waals surface area contributed by atoms with Gasteiger partial charge in [-0.1, -0.05) is 51.2 Å². The summed E-state index contributed by atoms with van der Waals surface area (Å²) in [5.74, 6) is 0.506. The Morgan fingerprint density at radius 3 is 2.41 bits per heavy atom. The van der Waals surface area contributed by atoms with E-state index in [4.69, 9.17) is 4.74 Å². The molecule has 1 aromatic rings. The Hall–Kier alpha value is -1.62. The van der Waals surface area contributed by atoms with Crippen LogP contribution in [0.15, 0.2) is 24.3 Å². The van der Waals surface area contributed by atoms with E-state index in [9.17, 15) is 14.3 Å². The molecule has 0 unspecified atom stereocenters. The van der Waals surface area contributed by atoms with Crippen LogP contribution < -0.4 is 5.32 Å². The van der Waals surface area contributed by atoms with Crippen LogP contribution in [0.4, 0.5) is 9.18 Å². The minimum Gasteiger partial charge on any atom is -0.444 e. The zero-order valence-corrected chi connectivity index (χ0v) is 18.4. The predicted octanol–water partition coefficient (Wildman–Crippen LogP) is 5.62. The Balaban J connectivity index is 1.96. The van der Waals surface area contributed by atoms with Crippen LogP contribution in [0.5, 0.6) is 0 Å². The van der Waals surface area contributed by atoms with Gasteiger partial charge >= 0.3 is 6.09 Å². The van der Waals surface area contributed by atoms with Gasteiger partial charge in [0.25, 0.3) is 0 Å². The van der Waals surface area contributed by atoms with Gasteiger partial charge in [-0.15, -0.1) is 0 Å². The number of rotatable bonds is 8. The van der Waals surface area contributed by atoms with Gasteiger partial charge in [0, 0.05) is 0 Å². The van der Waals surface area contributed by atoms with Gasteiger partial charge in [-0.2, -0.15) is 0 Å². The number of halogens is 1. The Morgan fingerprint density at radius 1 is 1.21 bits per heavy atom. The first-order valence-corrected chi connectivity index (χ1v) is 11.0. The summed E-state index contributed by atoms with van der Waals surface area (Å²) in [6.45, 7) is 7.59. The van der Waals surface area contributed by atoms with Crippen LogP contribution in [-0.2, 0) is 11.2 Å². The number of carbonyl (C=O) groups is 1. The molecule has 5 heteroatoms. The van der Waals surface area contributed by atoms with Crippen molar-refractivity contribution in [2.45, 2.75) is 96.8 Å². The molecule has 1 aliphatic rings. The maximum absolute atomic E-state index is 13.1. The van der Waals surface area contributed by atoms with E-state index >= 15 is 0 Å². The molecule has 164 valence electrons. The second-order valence-corrected chi connectivity index (χ2v) is 9.73. The Bertz CT molecular complexity index is 620. The van der Waals surface area contributed by atoms with Crippen molar-refractivity contribution in [2.75, 3.05) is 0 Å². The van der Waals surface area contributed by atoms with Crippen molar-refractivity contribution in [1.82, 2.24) is 5.32 Å². The Labute approximate surface area is 175 Å². The van der Waals surface area contributed by atoms with Gasteiger partial charge in [0.1, 0.15) is 11.4 Å². The molecule has 1 saturated carbocycles. The lowest BCUT2D eigenvalue weighted by molar-refractivity contribution is 0.0357. The maximum Gasteiger partial charge on any atom is 0.407 e. The second-order valence-electron chi connectivity index (χ2n) is 9.73. The lowest BCUT2D eigenvalue weighted by atomic mass is 9.82. The molecule has 0 radical (unpaired) electrons. The van der Waals surface area contributed by atoms with Crippen LogP contribution in [-0.4, -0.2) is 28.9 Å². The standard InChI is InChI=1S/C24H38FNO3/c1-17(14-19-10-12-20(25)13-11-19)15-22(27)21(16-18-8-6-5-7-9-18)26-23(28)29-24(2,3)4/h10-13,17-18,21-22,27H,5-9,14-16H2,1-4H3,(H,26,28)/t17-,21+,22+/m1/s1. The second kappa shape index (κ2) is 11.0. The first kappa shape index (κ1) is 23.7. The van der Waals surface area contributed by atoms with Gasteiger partial charge in [-0.05, 0) is 69.6 Å². The van der Waals surface area contributed by atoms with Gasteiger partial charge in [0.15, 0.2) is 0 Å². The monoisotopic (exact) mass is 407 g/mol. The predicted molar refractivity (Wildman–Crippen MR) is 114 cm³/mol. The van der Waals surface area contributed by atoms with Crippen molar-refractivity contribution in [1.29, 1.82) is 0 Å². The average Bonchev–Trinajstić information content (AvgIpc) is 2.62. The maximum atomic E-state index is 13.1. The highest BCUT2D eigenvalue weighted by Gasteiger charge is 2.29. The molecular weight excluding hydrogens is 369 g/mol. The van der Waals surface area contributed by atoms with Crippen molar-refractivity contribution in [2.24, 2.45) is 11.8 Å². The van der Waals surface area contributed by atoms with E-state index in [1.54, 1.807) is 12.1 Å². The highest BCUT2D eigenvalue weighted by atomic mass is 19.1. The van der Waals surface area contributed by atoms with Crippen LogP contribution >= 0.6 is 0 Å². The molecule has 1 aromatic carbocycles. The summed E-state index contributed by atoms with van der Waals surface area (Å²) >= 11 is 0. The average molecular weight is 408 g/mol. The smallest absolute Gasteiger partial charge is 0.407 e. The van der Waals surface area contributed by atoms with E-state index in [1.807, 2.05) is 20.8 Å². The third-order valence-electron chi connectivity index (χ3n) is 5.62. The molecule has 1 amide bonds. The molecular formula is C24H38FNO3. The summed E-state index contributed by atoms with van der Waals surface area (Å²) in [5, 5.41) is 13.9. The molecule has 0 spiro atoms. The molecule has 2 N–H and O–H groups in total. The minimum atomic E-state index is -0.639. The van der Waals surface area contributed by atoms with Crippen molar-refractivity contribution in [3.05, 3.63) is 35.6 Å².